The Kier molecular flexibility index (Phi) is 15.0. The molecule has 0 unspecified atom stereocenters. The Labute approximate surface area is 137 Å². The zero-order chi connectivity index (χ0) is 16.8. The van der Waals surface area contributed by atoms with Crippen LogP contribution in [0, 0.1) is 18.7 Å². The van der Waals surface area contributed by atoms with Crippen molar-refractivity contribution in [1.82, 2.24) is 0 Å². The minimum Gasteiger partial charge on any atom is -0.370 e. The first-order valence-corrected chi connectivity index (χ1v) is 8.17. The molecule has 2 nitrogen and oxygen atoms in total. The number of amides is 1. The van der Waals surface area contributed by atoms with Crippen LogP contribution in [0.15, 0.2) is 22.7 Å². The summed E-state index contributed by atoms with van der Waals surface area (Å²) in [5.41, 5.74) is 5.53. The molecule has 0 aliphatic rings. The molecular formula is C17H29BrFNO. The number of hydrogen-bond acceptors (Lipinski definition) is 1. The second-order valence-electron chi connectivity index (χ2n) is 5.42. The average molecular weight is 362 g/mol. The van der Waals surface area contributed by atoms with Gasteiger partial charge in [0.05, 0.1) is 4.47 Å². The summed E-state index contributed by atoms with van der Waals surface area (Å²) in [5.74, 6) is 0.363. The molecule has 1 aromatic carbocycles. The molecule has 0 aromatic heterocycles. The Morgan fingerprint density at radius 1 is 1.33 bits per heavy atom. The Bertz CT molecular complexity index is 390. The number of rotatable bonds is 4. The SMILES string of the molecule is CC(N)=O.CCCCCC(C)C.Cc1ccc(F)c(Br)c1. The summed E-state index contributed by atoms with van der Waals surface area (Å²) in [6.45, 7) is 10.1. The molecule has 4 heteroatoms. The summed E-state index contributed by atoms with van der Waals surface area (Å²) in [7, 11) is 0. The van der Waals surface area contributed by atoms with Gasteiger partial charge in [-0.15, -0.1) is 0 Å². The molecule has 0 bridgehead atoms. The highest BCUT2D eigenvalue weighted by atomic mass is 79.9. The highest BCUT2D eigenvalue weighted by molar-refractivity contribution is 9.10. The highest BCUT2D eigenvalue weighted by Crippen LogP contribution is 2.15. The number of benzene rings is 1. The second-order valence-corrected chi connectivity index (χ2v) is 6.27. The largest absolute Gasteiger partial charge is 0.370 e. The third kappa shape index (κ3) is 19.1. The van der Waals surface area contributed by atoms with Crippen LogP contribution >= 0.6 is 15.9 Å². The molecule has 1 amide bonds. The van der Waals surface area contributed by atoms with Crippen LogP contribution in [0.3, 0.4) is 0 Å². The lowest BCUT2D eigenvalue weighted by molar-refractivity contribution is -0.115. The number of nitrogens with two attached hydrogens (primary N) is 1. The molecule has 0 aliphatic carbocycles. The van der Waals surface area contributed by atoms with Crippen LogP contribution in [0.25, 0.3) is 0 Å². The average Bonchev–Trinajstić information content (AvgIpc) is 2.34. The lowest BCUT2D eigenvalue weighted by Crippen LogP contribution is -2.01. The van der Waals surface area contributed by atoms with Gasteiger partial charge in [-0.2, -0.15) is 0 Å². The summed E-state index contributed by atoms with van der Waals surface area (Å²) >= 11 is 3.07. The van der Waals surface area contributed by atoms with Crippen molar-refractivity contribution < 1.29 is 9.18 Å². The molecular weight excluding hydrogens is 333 g/mol. The van der Waals surface area contributed by atoms with Gasteiger partial charge in [0.25, 0.3) is 0 Å². The lowest BCUT2D eigenvalue weighted by atomic mass is 10.1. The van der Waals surface area contributed by atoms with Crippen LogP contribution in [0.5, 0.6) is 0 Å². The Morgan fingerprint density at radius 2 is 1.86 bits per heavy atom. The van der Waals surface area contributed by atoms with E-state index < -0.39 is 0 Å². The van der Waals surface area contributed by atoms with Crippen molar-refractivity contribution in [2.45, 2.75) is 60.3 Å². The van der Waals surface area contributed by atoms with Gasteiger partial charge >= 0.3 is 0 Å². The number of carbonyl (C=O) groups excluding carboxylic acids is 1. The molecule has 0 spiro atoms. The maximum atomic E-state index is 12.5. The summed E-state index contributed by atoms with van der Waals surface area (Å²) in [5, 5.41) is 0. The monoisotopic (exact) mass is 361 g/mol. The zero-order valence-electron chi connectivity index (χ0n) is 13.9. The molecule has 1 aromatic rings. The van der Waals surface area contributed by atoms with Crippen LogP contribution in [0.1, 0.15) is 58.9 Å². The van der Waals surface area contributed by atoms with E-state index in [1.165, 1.54) is 38.7 Å². The first-order chi connectivity index (χ1) is 9.70. The van der Waals surface area contributed by atoms with E-state index in [-0.39, 0.29) is 11.7 Å². The number of halogens is 2. The van der Waals surface area contributed by atoms with Crippen LogP contribution < -0.4 is 5.73 Å². The van der Waals surface area contributed by atoms with Gasteiger partial charge in [0.1, 0.15) is 5.82 Å². The Hall–Kier alpha value is -0.900. The van der Waals surface area contributed by atoms with E-state index in [2.05, 4.69) is 42.4 Å². The minimum atomic E-state index is -0.333. The van der Waals surface area contributed by atoms with Crippen molar-refractivity contribution in [3.63, 3.8) is 0 Å². The first kappa shape index (κ1) is 22.4. The molecule has 0 aliphatic heterocycles. The van der Waals surface area contributed by atoms with E-state index in [0.29, 0.717) is 4.47 Å². The van der Waals surface area contributed by atoms with Gasteiger partial charge in [0, 0.05) is 6.92 Å². The van der Waals surface area contributed by atoms with Crippen LogP contribution in [-0.2, 0) is 4.79 Å². The van der Waals surface area contributed by atoms with Gasteiger partial charge in [-0.1, -0.05) is 52.5 Å². The number of carbonyl (C=O) groups is 1. The van der Waals surface area contributed by atoms with E-state index in [9.17, 15) is 9.18 Å². The maximum Gasteiger partial charge on any atom is 0.214 e. The van der Waals surface area contributed by atoms with Crippen molar-refractivity contribution in [2.75, 3.05) is 0 Å². The summed E-state index contributed by atoms with van der Waals surface area (Å²) in [6, 6.07) is 4.93. The smallest absolute Gasteiger partial charge is 0.214 e. The lowest BCUT2D eigenvalue weighted by Gasteiger charge is -2.00. The summed E-state index contributed by atoms with van der Waals surface area (Å²) in [6.07, 6.45) is 5.60. The van der Waals surface area contributed by atoms with E-state index in [1.807, 2.05) is 6.92 Å². The van der Waals surface area contributed by atoms with E-state index in [1.54, 1.807) is 12.1 Å². The molecule has 0 saturated heterocycles. The van der Waals surface area contributed by atoms with Crippen molar-refractivity contribution in [3.8, 4) is 0 Å². The van der Waals surface area contributed by atoms with Gasteiger partial charge in [0.2, 0.25) is 5.91 Å². The summed E-state index contributed by atoms with van der Waals surface area (Å²) < 4.78 is 13.0. The van der Waals surface area contributed by atoms with Gasteiger partial charge < -0.3 is 5.73 Å². The third-order valence-electron chi connectivity index (χ3n) is 2.46. The van der Waals surface area contributed by atoms with Crippen molar-refractivity contribution in [3.05, 3.63) is 34.1 Å². The quantitative estimate of drug-likeness (QED) is 0.695. The third-order valence-corrected chi connectivity index (χ3v) is 3.07. The van der Waals surface area contributed by atoms with Gasteiger partial charge in [-0.05, 0) is 46.5 Å². The molecule has 2 N–H and O–H groups in total. The topological polar surface area (TPSA) is 43.1 Å². The normalized spacial score (nSPS) is 9.33. The molecule has 122 valence electrons. The van der Waals surface area contributed by atoms with Crippen LogP contribution in [0.4, 0.5) is 4.39 Å². The van der Waals surface area contributed by atoms with E-state index in [0.717, 1.165) is 11.5 Å². The fourth-order valence-electron chi connectivity index (χ4n) is 1.40. The minimum absolute atomic E-state index is 0.208. The molecule has 21 heavy (non-hydrogen) atoms. The molecule has 0 heterocycles. The van der Waals surface area contributed by atoms with Gasteiger partial charge in [-0.3, -0.25) is 4.79 Å². The maximum absolute atomic E-state index is 12.5. The number of aryl methyl sites for hydroxylation is 1. The molecule has 0 radical (unpaired) electrons. The molecule has 0 fully saturated rings. The van der Waals surface area contributed by atoms with Crippen molar-refractivity contribution in [1.29, 1.82) is 0 Å². The van der Waals surface area contributed by atoms with Crippen molar-refractivity contribution >= 4 is 21.8 Å². The fraction of sp³-hybridized carbons (Fsp3) is 0.588. The van der Waals surface area contributed by atoms with E-state index >= 15 is 0 Å². The molecule has 0 atom stereocenters. The zero-order valence-corrected chi connectivity index (χ0v) is 15.5. The number of unbranched alkanes of at least 4 members (excludes halogenated alkanes) is 2. The van der Waals surface area contributed by atoms with Crippen LogP contribution in [0.2, 0.25) is 0 Å². The van der Waals surface area contributed by atoms with E-state index in [4.69, 9.17) is 0 Å². The fourth-order valence-corrected chi connectivity index (χ4v) is 1.90. The summed E-state index contributed by atoms with van der Waals surface area (Å²) in [4.78, 5) is 9.22. The Balaban J connectivity index is 0. The highest BCUT2D eigenvalue weighted by Gasteiger charge is 1.95. The van der Waals surface area contributed by atoms with Gasteiger partial charge in [-0.25, -0.2) is 4.39 Å². The Morgan fingerprint density at radius 3 is 2.19 bits per heavy atom. The standard InChI is InChI=1S/C8H18.C7H6BrF.C2H5NO/c1-4-5-6-7-8(2)3;1-5-2-3-7(9)6(8)4-5;1-2(3)4/h8H,4-7H2,1-3H3;2-4H,1H3;1H3,(H2,3,4). The van der Waals surface area contributed by atoms with Gasteiger partial charge in [0.15, 0.2) is 0 Å². The number of primary amides is 1. The molecule has 0 saturated carbocycles. The predicted octanol–water partition coefficient (Wildman–Crippen LogP) is 5.61. The predicted molar refractivity (Wildman–Crippen MR) is 92.7 cm³/mol. The second kappa shape index (κ2) is 14.1. The number of hydrogen-bond donors (Lipinski definition) is 1. The van der Waals surface area contributed by atoms with Crippen LogP contribution in [-0.4, -0.2) is 5.91 Å². The van der Waals surface area contributed by atoms with Crippen molar-refractivity contribution in [2.24, 2.45) is 11.7 Å². The first-order valence-electron chi connectivity index (χ1n) is 7.38. The molecule has 1 rings (SSSR count).